The van der Waals surface area contributed by atoms with E-state index >= 15 is 0 Å². The molecule has 1 aromatic rings. The van der Waals surface area contributed by atoms with Crippen LogP contribution in [0.25, 0.3) is 0 Å². The zero-order chi connectivity index (χ0) is 20.1. The Kier molecular flexibility index (Phi) is 11.7. The number of hydrogen-bond acceptors (Lipinski definition) is 3. The lowest BCUT2D eigenvalue weighted by molar-refractivity contribution is 0.294. The number of unbranched alkanes of at least 4 members (excludes halogenated alkanes) is 8. The molecule has 1 aromatic carbocycles. The summed E-state index contributed by atoms with van der Waals surface area (Å²) in [6.07, 6.45) is 9.12. The minimum atomic E-state index is -3.82. The van der Waals surface area contributed by atoms with E-state index in [1.54, 1.807) is 6.07 Å². The molecule has 0 fully saturated rings. The first kappa shape index (κ1) is 23.9. The summed E-state index contributed by atoms with van der Waals surface area (Å²) in [5, 5.41) is 0. The van der Waals surface area contributed by atoms with Crippen LogP contribution in [0.4, 0.5) is 4.39 Å². The van der Waals surface area contributed by atoms with Crippen molar-refractivity contribution in [1.29, 1.82) is 0 Å². The molecule has 0 amide bonds. The third-order valence-corrected chi connectivity index (χ3v) is 5.28. The smallest absolute Gasteiger partial charge is 0.325 e. The molecule has 0 spiro atoms. The molecule has 1 rings (SSSR count). The van der Waals surface area contributed by atoms with E-state index in [0.29, 0.717) is 25.4 Å². The zero-order valence-electron chi connectivity index (χ0n) is 16.6. The van der Waals surface area contributed by atoms with Crippen molar-refractivity contribution < 1.29 is 28.2 Å². The van der Waals surface area contributed by atoms with Crippen LogP contribution < -0.4 is 9.47 Å². The van der Waals surface area contributed by atoms with E-state index in [2.05, 4.69) is 0 Å². The van der Waals surface area contributed by atoms with Gasteiger partial charge < -0.3 is 19.3 Å². The van der Waals surface area contributed by atoms with E-state index in [1.165, 1.54) is 6.07 Å². The number of hydrogen-bond donors (Lipinski definition) is 2. The average Bonchev–Trinajstić information content (AvgIpc) is 2.59. The third kappa shape index (κ3) is 11.4. The van der Waals surface area contributed by atoms with Gasteiger partial charge in [-0.15, -0.1) is 0 Å². The molecule has 27 heavy (non-hydrogen) atoms. The molecular formula is C20H34FO5P. The molecule has 0 atom stereocenters. The molecule has 2 N–H and O–H groups in total. The monoisotopic (exact) mass is 404 g/mol. The second-order valence-corrected chi connectivity index (χ2v) is 8.68. The maximum atomic E-state index is 13.9. The predicted octanol–water partition coefficient (Wildman–Crippen LogP) is 5.60. The molecule has 0 bridgehead atoms. The van der Waals surface area contributed by atoms with Crippen LogP contribution in [0, 0.1) is 12.7 Å². The molecule has 0 aromatic heterocycles. The first-order valence-electron chi connectivity index (χ1n) is 9.94. The zero-order valence-corrected chi connectivity index (χ0v) is 17.5. The van der Waals surface area contributed by atoms with Gasteiger partial charge in [-0.1, -0.05) is 44.9 Å². The summed E-state index contributed by atoms with van der Waals surface area (Å²) >= 11 is 0. The summed E-state index contributed by atoms with van der Waals surface area (Å²) in [5.41, 5.74) is 0.874. The van der Waals surface area contributed by atoms with Crippen LogP contribution in [0.1, 0.15) is 70.3 Å². The Hall–Kier alpha value is -1.10. The van der Waals surface area contributed by atoms with E-state index in [4.69, 9.17) is 19.3 Å². The van der Waals surface area contributed by atoms with Gasteiger partial charge >= 0.3 is 7.60 Å². The van der Waals surface area contributed by atoms with Crippen LogP contribution in [0.3, 0.4) is 0 Å². The largest absolute Gasteiger partial charge is 0.493 e. The Morgan fingerprint density at radius 1 is 0.889 bits per heavy atom. The molecule has 0 heterocycles. The van der Waals surface area contributed by atoms with Crippen LogP contribution in [0.2, 0.25) is 0 Å². The van der Waals surface area contributed by atoms with E-state index in [1.807, 2.05) is 13.8 Å². The van der Waals surface area contributed by atoms with Crippen molar-refractivity contribution >= 4 is 7.60 Å². The van der Waals surface area contributed by atoms with Gasteiger partial charge in [0.1, 0.15) is 5.75 Å². The molecule has 0 unspecified atom stereocenters. The van der Waals surface area contributed by atoms with Crippen molar-refractivity contribution in [3.8, 4) is 11.5 Å². The van der Waals surface area contributed by atoms with Gasteiger partial charge in [0.15, 0.2) is 11.6 Å². The van der Waals surface area contributed by atoms with Crippen LogP contribution in [0.15, 0.2) is 12.1 Å². The summed E-state index contributed by atoms with van der Waals surface area (Å²) in [4.78, 5) is 17.5. The van der Waals surface area contributed by atoms with Crippen molar-refractivity contribution in [3.63, 3.8) is 0 Å². The van der Waals surface area contributed by atoms with E-state index in [9.17, 15) is 8.96 Å². The highest BCUT2D eigenvalue weighted by Gasteiger charge is 2.11. The second kappa shape index (κ2) is 13.1. The minimum Gasteiger partial charge on any atom is -0.493 e. The summed E-state index contributed by atoms with van der Waals surface area (Å²) in [6.45, 7) is 4.73. The number of halogens is 1. The fourth-order valence-corrected chi connectivity index (χ4v) is 3.53. The Balaban J connectivity index is 2.03. The molecule has 5 nitrogen and oxygen atoms in total. The summed E-state index contributed by atoms with van der Waals surface area (Å²) < 4.78 is 35.5. The predicted molar refractivity (Wildman–Crippen MR) is 106 cm³/mol. The number of aryl methyl sites for hydroxylation is 1. The highest BCUT2D eigenvalue weighted by molar-refractivity contribution is 7.51. The molecule has 0 aliphatic heterocycles. The SMILES string of the molecule is CCOc1cc(C)c(OCCCCCCCCCCCP(=O)(O)O)cc1F. The van der Waals surface area contributed by atoms with Gasteiger partial charge in [0.25, 0.3) is 0 Å². The lowest BCUT2D eigenvalue weighted by atomic mass is 10.1. The van der Waals surface area contributed by atoms with Crippen LogP contribution >= 0.6 is 7.60 Å². The standard InChI is InChI=1S/C20H34FO5P/c1-3-25-20-15-17(2)19(16-18(20)21)26-13-11-9-7-5-4-6-8-10-12-14-27(22,23)24/h15-16H,3-14H2,1-2H3,(H2,22,23,24). The lowest BCUT2D eigenvalue weighted by Crippen LogP contribution is -2.01. The van der Waals surface area contributed by atoms with Gasteiger partial charge in [0, 0.05) is 12.2 Å². The fourth-order valence-electron chi connectivity index (χ4n) is 2.90. The molecule has 0 aliphatic rings. The molecule has 0 saturated carbocycles. The lowest BCUT2D eigenvalue weighted by Gasteiger charge is -2.12. The maximum absolute atomic E-state index is 13.9. The topological polar surface area (TPSA) is 76.0 Å². The van der Waals surface area contributed by atoms with Gasteiger partial charge in [-0.05, 0) is 38.3 Å². The highest BCUT2D eigenvalue weighted by Crippen LogP contribution is 2.35. The molecule has 0 radical (unpaired) electrons. The first-order valence-corrected chi connectivity index (χ1v) is 11.7. The van der Waals surface area contributed by atoms with Gasteiger partial charge in [-0.2, -0.15) is 0 Å². The third-order valence-electron chi connectivity index (χ3n) is 4.38. The minimum absolute atomic E-state index is 0.00469. The van der Waals surface area contributed by atoms with Crippen LogP contribution in [0.5, 0.6) is 11.5 Å². The molecule has 156 valence electrons. The molecule has 0 aliphatic carbocycles. The van der Waals surface area contributed by atoms with Crippen molar-refractivity contribution in [1.82, 2.24) is 0 Å². The number of benzene rings is 1. The first-order chi connectivity index (χ1) is 12.8. The molecular weight excluding hydrogens is 370 g/mol. The van der Waals surface area contributed by atoms with Crippen molar-refractivity contribution in [3.05, 3.63) is 23.5 Å². The Morgan fingerprint density at radius 2 is 1.44 bits per heavy atom. The second-order valence-electron chi connectivity index (χ2n) is 6.90. The van der Waals surface area contributed by atoms with Crippen molar-refractivity contribution in [2.75, 3.05) is 19.4 Å². The Morgan fingerprint density at radius 3 is 2.00 bits per heavy atom. The van der Waals surface area contributed by atoms with E-state index < -0.39 is 13.4 Å². The van der Waals surface area contributed by atoms with E-state index in [0.717, 1.165) is 56.9 Å². The van der Waals surface area contributed by atoms with E-state index in [-0.39, 0.29) is 11.9 Å². The van der Waals surface area contributed by atoms with Gasteiger partial charge in [-0.3, -0.25) is 4.57 Å². The number of ether oxygens (including phenoxy) is 2. The van der Waals surface area contributed by atoms with Crippen molar-refractivity contribution in [2.45, 2.75) is 71.6 Å². The van der Waals surface area contributed by atoms with Crippen molar-refractivity contribution in [2.24, 2.45) is 0 Å². The summed E-state index contributed by atoms with van der Waals surface area (Å²) in [7, 11) is -3.82. The highest BCUT2D eigenvalue weighted by atomic mass is 31.2. The average molecular weight is 404 g/mol. The molecule has 7 heteroatoms. The Bertz CT molecular complexity index is 588. The fraction of sp³-hybridized carbons (Fsp3) is 0.700. The Labute approximate surface area is 162 Å². The van der Waals surface area contributed by atoms with Gasteiger partial charge in [-0.25, -0.2) is 4.39 Å². The summed E-state index contributed by atoms with van der Waals surface area (Å²) in [5.74, 6) is 0.452. The van der Waals surface area contributed by atoms with Crippen LogP contribution in [-0.2, 0) is 4.57 Å². The normalized spacial score (nSPS) is 11.6. The number of rotatable bonds is 15. The maximum Gasteiger partial charge on any atom is 0.325 e. The molecule has 0 saturated heterocycles. The van der Waals surface area contributed by atoms with Crippen LogP contribution in [-0.4, -0.2) is 29.2 Å². The summed E-state index contributed by atoms with van der Waals surface area (Å²) in [6, 6.07) is 3.07. The quantitative estimate of drug-likeness (QED) is 0.294. The van der Waals surface area contributed by atoms with Gasteiger partial charge in [0.05, 0.1) is 13.2 Å². The van der Waals surface area contributed by atoms with Gasteiger partial charge in [0.2, 0.25) is 0 Å².